The maximum atomic E-state index is 13.5. The summed E-state index contributed by atoms with van der Waals surface area (Å²) in [7, 11) is 4.67. The normalized spacial score (nSPS) is 15.4. The van der Waals surface area contributed by atoms with Gasteiger partial charge in [-0.3, -0.25) is 18.7 Å². The van der Waals surface area contributed by atoms with E-state index in [1.807, 2.05) is 28.8 Å². The molecule has 1 aliphatic heterocycles. The van der Waals surface area contributed by atoms with Crippen molar-refractivity contribution in [2.75, 3.05) is 13.7 Å². The summed E-state index contributed by atoms with van der Waals surface area (Å²) >= 11 is 0. The summed E-state index contributed by atoms with van der Waals surface area (Å²) in [6, 6.07) is 14.4. The Hall–Kier alpha value is -4.37. The minimum absolute atomic E-state index is 0.218. The molecule has 9 heteroatoms. The first-order valence-electron chi connectivity index (χ1n) is 11.5. The molecule has 0 spiro atoms. The predicted molar refractivity (Wildman–Crippen MR) is 135 cm³/mol. The number of methoxy groups -OCH3 is 1. The molecule has 0 bridgehead atoms. The lowest BCUT2D eigenvalue weighted by molar-refractivity contribution is 0.0463. The first kappa shape index (κ1) is 22.1. The van der Waals surface area contributed by atoms with Crippen molar-refractivity contribution in [2.24, 2.45) is 14.1 Å². The van der Waals surface area contributed by atoms with Crippen LogP contribution in [0.3, 0.4) is 0 Å². The van der Waals surface area contributed by atoms with E-state index in [1.54, 1.807) is 38.4 Å². The number of aryl methyl sites for hydroxylation is 1. The van der Waals surface area contributed by atoms with Gasteiger partial charge < -0.3 is 18.5 Å². The molecule has 6 rings (SSSR count). The van der Waals surface area contributed by atoms with E-state index in [4.69, 9.17) is 13.9 Å². The molecule has 0 fully saturated rings. The van der Waals surface area contributed by atoms with Gasteiger partial charge in [-0.05, 0) is 42.0 Å². The van der Waals surface area contributed by atoms with Crippen molar-refractivity contribution >= 4 is 21.9 Å². The van der Waals surface area contributed by atoms with Crippen molar-refractivity contribution in [3.8, 4) is 17.0 Å². The molecule has 0 N–H and O–H groups in total. The highest BCUT2D eigenvalue weighted by Crippen LogP contribution is 2.40. The Kier molecular flexibility index (Phi) is 4.97. The van der Waals surface area contributed by atoms with Crippen LogP contribution in [0.5, 0.6) is 5.75 Å². The molecule has 182 valence electrons. The van der Waals surface area contributed by atoms with Gasteiger partial charge in [-0.15, -0.1) is 0 Å². The van der Waals surface area contributed by atoms with Gasteiger partial charge >= 0.3 is 5.69 Å². The van der Waals surface area contributed by atoms with E-state index in [0.717, 1.165) is 10.1 Å². The number of hydrogen-bond acceptors (Lipinski definition) is 6. The van der Waals surface area contributed by atoms with Crippen molar-refractivity contribution in [3.63, 3.8) is 0 Å². The number of fused-ring (bicyclic) bond motifs is 4. The highest BCUT2D eigenvalue weighted by Gasteiger charge is 2.34. The SMILES string of the molecule is COc1ccc(-c2c3c(=O)n(C)c(=O)n(C)c3c3n2CCO[C@H]3c2coc3ccccc3c2=O)cc1. The van der Waals surface area contributed by atoms with E-state index in [1.165, 1.54) is 17.9 Å². The quantitative estimate of drug-likeness (QED) is 0.390. The van der Waals surface area contributed by atoms with Crippen LogP contribution in [0.1, 0.15) is 17.4 Å². The fraction of sp³-hybridized carbons (Fsp3) is 0.222. The van der Waals surface area contributed by atoms with E-state index >= 15 is 0 Å². The van der Waals surface area contributed by atoms with Gasteiger partial charge in [0.05, 0.1) is 47.0 Å². The van der Waals surface area contributed by atoms with Crippen molar-refractivity contribution in [3.05, 3.63) is 97.1 Å². The highest BCUT2D eigenvalue weighted by molar-refractivity contribution is 5.96. The summed E-state index contributed by atoms with van der Waals surface area (Å²) in [5, 5.41) is 0.826. The van der Waals surface area contributed by atoms with Crippen LogP contribution in [0, 0.1) is 0 Å². The van der Waals surface area contributed by atoms with Crippen molar-refractivity contribution in [1.82, 2.24) is 13.7 Å². The van der Waals surface area contributed by atoms with Crippen LogP contribution >= 0.6 is 0 Å². The summed E-state index contributed by atoms with van der Waals surface area (Å²) in [4.78, 5) is 40.0. The van der Waals surface area contributed by atoms with E-state index in [0.29, 0.717) is 57.7 Å². The van der Waals surface area contributed by atoms with Crippen LogP contribution in [0.25, 0.3) is 33.1 Å². The molecular weight excluding hydrogens is 462 g/mol. The lowest BCUT2D eigenvalue weighted by atomic mass is 10.0. The van der Waals surface area contributed by atoms with Gasteiger partial charge in [0, 0.05) is 20.6 Å². The van der Waals surface area contributed by atoms with Gasteiger partial charge in [0.2, 0.25) is 0 Å². The van der Waals surface area contributed by atoms with E-state index in [-0.39, 0.29) is 5.43 Å². The molecule has 0 aliphatic carbocycles. The molecule has 1 atom stereocenters. The number of aromatic nitrogens is 3. The summed E-state index contributed by atoms with van der Waals surface area (Å²) in [5.41, 5.74) is 2.15. The van der Waals surface area contributed by atoms with Gasteiger partial charge in [0.15, 0.2) is 5.43 Å². The second-order valence-electron chi connectivity index (χ2n) is 8.81. The van der Waals surface area contributed by atoms with Gasteiger partial charge in [0.25, 0.3) is 5.56 Å². The van der Waals surface area contributed by atoms with Crippen LogP contribution < -0.4 is 21.4 Å². The van der Waals surface area contributed by atoms with E-state index in [9.17, 15) is 14.4 Å². The molecule has 4 heterocycles. The van der Waals surface area contributed by atoms with Gasteiger partial charge in [-0.1, -0.05) is 12.1 Å². The molecule has 1 aliphatic rings. The maximum Gasteiger partial charge on any atom is 0.331 e. The number of rotatable bonds is 3. The topological polar surface area (TPSA) is 97.6 Å². The molecule has 2 aromatic carbocycles. The first-order chi connectivity index (χ1) is 17.4. The molecule has 9 nitrogen and oxygen atoms in total. The number of ether oxygens (including phenoxy) is 2. The summed E-state index contributed by atoms with van der Waals surface area (Å²) < 4.78 is 21.8. The zero-order chi connectivity index (χ0) is 25.1. The smallest absolute Gasteiger partial charge is 0.331 e. The third-order valence-corrected chi connectivity index (χ3v) is 6.91. The standard InChI is InChI=1S/C27H23N3O6/c1-28-22-20(26(32)29(2)27(28)33)21(15-8-10-16(34-3)11-9-15)30-12-13-35-25(23(22)30)18-14-36-19-7-5-4-6-17(19)24(18)31/h4-11,14,25H,12-13H2,1-3H3/t25-/m0/s1. The lowest BCUT2D eigenvalue weighted by Gasteiger charge is -2.27. The molecule has 0 unspecified atom stereocenters. The fourth-order valence-electron chi connectivity index (χ4n) is 5.14. The number of nitrogens with zero attached hydrogens (tertiary/aromatic N) is 3. The van der Waals surface area contributed by atoms with Crippen LogP contribution in [0.15, 0.2) is 73.6 Å². The average molecular weight is 485 g/mol. The Labute approximate surface area is 204 Å². The monoisotopic (exact) mass is 485 g/mol. The number of benzene rings is 2. The van der Waals surface area contributed by atoms with Gasteiger partial charge in [-0.2, -0.15) is 0 Å². The number of para-hydroxylation sites is 1. The summed E-state index contributed by atoms with van der Waals surface area (Å²) in [6.45, 7) is 0.750. The lowest BCUT2D eigenvalue weighted by Crippen LogP contribution is -2.37. The van der Waals surface area contributed by atoms with E-state index in [2.05, 4.69) is 0 Å². The molecular formula is C27H23N3O6. The molecule has 0 saturated carbocycles. The molecule has 36 heavy (non-hydrogen) atoms. The second-order valence-corrected chi connectivity index (χ2v) is 8.81. The fourth-order valence-corrected chi connectivity index (χ4v) is 5.14. The molecule has 0 amide bonds. The zero-order valence-electron chi connectivity index (χ0n) is 20.0. The Morgan fingerprint density at radius 1 is 0.972 bits per heavy atom. The largest absolute Gasteiger partial charge is 0.497 e. The van der Waals surface area contributed by atoms with Crippen molar-refractivity contribution in [1.29, 1.82) is 0 Å². The molecule has 0 radical (unpaired) electrons. The Bertz CT molecular complexity index is 1840. The zero-order valence-corrected chi connectivity index (χ0v) is 20.0. The number of hydrogen-bond donors (Lipinski definition) is 0. The van der Waals surface area contributed by atoms with Crippen LogP contribution in [-0.4, -0.2) is 27.4 Å². The van der Waals surface area contributed by atoms with E-state index < -0.39 is 17.4 Å². The average Bonchev–Trinajstić information content (AvgIpc) is 3.27. The third-order valence-electron chi connectivity index (χ3n) is 6.91. The Balaban J connectivity index is 1.73. The summed E-state index contributed by atoms with van der Waals surface area (Å²) in [5.74, 6) is 0.684. The van der Waals surface area contributed by atoms with Gasteiger partial charge in [-0.25, -0.2) is 4.79 Å². The summed E-state index contributed by atoms with van der Waals surface area (Å²) in [6.07, 6.45) is 0.586. The van der Waals surface area contributed by atoms with Crippen molar-refractivity contribution in [2.45, 2.75) is 12.6 Å². The molecule has 3 aromatic heterocycles. The van der Waals surface area contributed by atoms with Crippen molar-refractivity contribution < 1.29 is 13.9 Å². The van der Waals surface area contributed by atoms with Crippen LogP contribution in [0.4, 0.5) is 0 Å². The Morgan fingerprint density at radius 3 is 2.47 bits per heavy atom. The van der Waals surface area contributed by atoms with Gasteiger partial charge in [0.1, 0.15) is 23.7 Å². The van der Waals surface area contributed by atoms with Crippen LogP contribution in [-0.2, 0) is 25.4 Å². The molecule has 5 aromatic rings. The highest BCUT2D eigenvalue weighted by atomic mass is 16.5. The Morgan fingerprint density at radius 2 is 1.72 bits per heavy atom. The predicted octanol–water partition coefficient (Wildman–Crippen LogP) is 2.94. The second kappa shape index (κ2) is 8.10. The molecule has 0 saturated heterocycles. The maximum absolute atomic E-state index is 13.5. The third kappa shape index (κ3) is 3.02. The van der Waals surface area contributed by atoms with Crippen LogP contribution in [0.2, 0.25) is 0 Å². The first-order valence-corrected chi connectivity index (χ1v) is 11.5. The minimum Gasteiger partial charge on any atom is -0.497 e. The minimum atomic E-state index is -0.827.